The SMILES string of the molecule is CCCNC(=O)N1CCc2ccccc2C1C. The number of urea groups is 1. The summed E-state index contributed by atoms with van der Waals surface area (Å²) in [6.45, 7) is 5.73. The zero-order chi connectivity index (χ0) is 12.3. The van der Waals surface area contributed by atoms with Crippen molar-refractivity contribution in [3.8, 4) is 0 Å². The fourth-order valence-corrected chi connectivity index (χ4v) is 2.38. The number of carbonyl (C=O) groups is 1. The molecule has 92 valence electrons. The molecule has 1 unspecified atom stereocenters. The maximum atomic E-state index is 12.0. The maximum Gasteiger partial charge on any atom is 0.317 e. The molecular formula is C14H20N2O. The minimum Gasteiger partial charge on any atom is -0.338 e. The van der Waals surface area contributed by atoms with Crippen molar-refractivity contribution < 1.29 is 4.79 Å². The Hall–Kier alpha value is -1.51. The second-order valence-corrected chi connectivity index (χ2v) is 4.55. The second-order valence-electron chi connectivity index (χ2n) is 4.55. The zero-order valence-electron chi connectivity index (χ0n) is 10.6. The fourth-order valence-electron chi connectivity index (χ4n) is 2.38. The molecule has 1 aliphatic heterocycles. The number of amides is 2. The molecule has 3 nitrogen and oxygen atoms in total. The van der Waals surface area contributed by atoms with Gasteiger partial charge in [-0.05, 0) is 30.9 Å². The molecule has 1 atom stereocenters. The van der Waals surface area contributed by atoms with Crippen LogP contribution in [-0.2, 0) is 6.42 Å². The van der Waals surface area contributed by atoms with Crippen molar-refractivity contribution in [1.82, 2.24) is 10.2 Å². The van der Waals surface area contributed by atoms with Crippen molar-refractivity contribution in [1.29, 1.82) is 0 Å². The Morgan fingerprint density at radius 3 is 3.00 bits per heavy atom. The summed E-state index contributed by atoms with van der Waals surface area (Å²) in [5, 5.41) is 2.95. The molecule has 1 aliphatic rings. The number of fused-ring (bicyclic) bond motifs is 1. The minimum absolute atomic E-state index is 0.0638. The highest BCUT2D eigenvalue weighted by atomic mass is 16.2. The topological polar surface area (TPSA) is 32.3 Å². The molecule has 1 heterocycles. The van der Waals surface area contributed by atoms with Crippen molar-refractivity contribution in [3.63, 3.8) is 0 Å². The molecule has 2 amide bonds. The molecule has 0 spiro atoms. The monoisotopic (exact) mass is 232 g/mol. The van der Waals surface area contributed by atoms with E-state index in [-0.39, 0.29) is 12.1 Å². The molecule has 0 radical (unpaired) electrons. The molecule has 0 fully saturated rings. The summed E-state index contributed by atoms with van der Waals surface area (Å²) in [5.41, 5.74) is 2.66. The molecule has 17 heavy (non-hydrogen) atoms. The van der Waals surface area contributed by atoms with Crippen molar-refractivity contribution >= 4 is 6.03 Å². The molecule has 0 saturated carbocycles. The Bertz CT molecular complexity index is 403. The van der Waals surface area contributed by atoms with Crippen LogP contribution in [0.25, 0.3) is 0 Å². The van der Waals surface area contributed by atoms with Crippen LogP contribution >= 0.6 is 0 Å². The van der Waals surface area contributed by atoms with E-state index in [1.807, 2.05) is 11.0 Å². The van der Waals surface area contributed by atoms with Crippen LogP contribution < -0.4 is 5.32 Å². The number of carbonyl (C=O) groups excluding carboxylic acids is 1. The van der Waals surface area contributed by atoms with Crippen LogP contribution in [0.2, 0.25) is 0 Å². The number of benzene rings is 1. The van der Waals surface area contributed by atoms with Gasteiger partial charge in [-0.15, -0.1) is 0 Å². The Morgan fingerprint density at radius 2 is 2.24 bits per heavy atom. The molecule has 1 aromatic carbocycles. The van der Waals surface area contributed by atoms with Gasteiger partial charge in [-0.25, -0.2) is 4.79 Å². The van der Waals surface area contributed by atoms with Crippen molar-refractivity contribution in [3.05, 3.63) is 35.4 Å². The van der Waals surface area contributed by atoms with Crippen LogP contribution in [0.4, 0.5) is 4.79 Å². The van der Waals surface area contributed by atoms with Crippen LogP contribution in [-0.4, -0.2) is 24.0 Å². The average molecular weight is 232 g/mol. The molecule has 0 saturated heterocycles. The van der Waals surface area contributed by atoms with E-state index >= 15 is 0 Å². The molecule has 3 heteroatoms. The maximum absolute atomic E-state index is 12.0. The van der Waals surface area contributed by atoms with Crippen LogP contribution in [0.5, 0.6) is 0 Å². The largest absolute Gasteiger partial charge is 0.338 e. The molecule has 1 aromatic rings. The normalized spacial score (nSPS) is 18.7. The van der Waals surface area contributed by atoms with E-state index in [1.165, 1.54) is 11.1 Å². The van der Waals surface area contributed by atoms with Gasteiger partial charge >= 0.3 is 6.03 Å². The van der Waals surface area contributed by atoms with Gasteiger partial charge in [-0.2, -0.15) is 0 Å². The smallest absolute Gasteiger partial charge is 0.317 e. The van der Waals surface area contributed by atoms with Crippen LogP contribution in [0, 0.1) is 0 Å². The van der Waals surface area contributed by atoms with E-state index in [4.69, 9.17) is 0 Å². The van der Waals surface area contributed by atoms with Gasteiger partial charge in [0.05, 0.1) is 6.04 Å². The van der Waals surface area contributed by atoms with Gasteiger partial charge in [-0.1, -0.05) is 31.2 Å². The van der Waals surface area contributed by atoms with Crippen LogP contribution in [0.15, 0.2) is 24.3 Å². The Morgan fingerprint density at radius 1 is 1.47 bits per heavy atom. The lowest BCUT2D eigenvalue weighted by atomic mass is 9.94. The number of rotatable bonds is 2. The summed E-state index contributed by atoms with van der Waals surface area (Å²) < 4.78 is 0. The molecule has 0 bridgehead atoms. The summed E-state index contributed by atoms with van der Waals surface area (Å²) in [7, 11) is 0. The highest BCUT2D eigenvalue weighted by Crippen LogP contribution is 2.28. The summed E-state index contributed by atoms with van der Waals surface area (Å²) in [5.74, 6) is 0. The van der Waals surface area contributed by atoms with E-state index in [0.29, 0.717) is 0 Å². The third-order valence-corrected chi connectivity index (χ3v) is 3.38. The van der Waals surface area contributed by atoms with E-state index < -0.39 is 0 Å². The molecular weight excluding hydrogens is 212 g/mol. The first kappa shape index (κ1) is 12.0. The van der Waals surface area contributed by atoms with Crippen molar-refractivity contribution in [2.24, 2.45) is 0 Å². The summed E-state index contributed by atoms with van der Waals surface area (Å²) in [6, 6.07) is 8.64. The fraction of sp³-hybridized carbons (Fsp3) is 0.500. The predicted molar refractivity (Wildman–Crippen MR) is 69.0 cm³/mol. The number of hydrogen-bond donors (Lipinski definition) is 1. The minimum atomic E-state index is 0.0638. The van der Waals surface area contributed by atoms with E-state index in [2.05, 4.69) is 37.4 Å². The number of hydrogen-bond acceptors (Lipinski definition) is 1. The van der Waals surface area contributed by atoms with E-state index in [9.17, 15) is 4.79 Å². The third kappa shape index (κ3) is 2.43. The lowest BCUT2D eigenvalue weighted by molar-refractivity contribution is 0.175. The lowest BCUT2D eigenvalue weighted by Gasteiger charge is -2.35. The summed E-state index contributed by atoms with van der Waals surface area (Å²) >= 11 is 0. The first-order valence-corrected chi connectivity index (χ1v) is 6.36. The second kappa shape index (κ2) is 5.21. The lowest BCUT2D eigenvalue weighted by Crippen LogP contribution is -2.44. The molecule has 0 aliphatic carbocycles. The Labute approximate surface area is 103 Å². The standard InChI is InChI=1S/C14H20N2O/c1-3-9-15-14(17)16-10-8-12-6-4-5-7-13(12)11(16)2/h4-7,11H,3,8-10H2,1-2H3,(H,15,17). The van der Waals surface area contributed by atoms with Gasteiger partial charge in [0.1, 0.15) is 0 Å². The van der Waals surface area contributed by atoms with Gasteiger partial charge in [-0.3, -0.25) is 0 Å². The zero-order valence-corrected chi connectivity index (χ0v) is 10.6. The van der Waals surface area contributed by atoms with Gasteiger partial charge in [0, 0.05) is 13.1 Å². The van der Waals surface area contributed by atoms with Gasteiger partial charge < -0.3 is 10.2 Å². The number of nitrogens with zero attached hydrogens (tertiary/aromatic N) is 1. The third-order valence-electron chi connectivity index (χ3n) is 3.38. The van der Waals surface area contributed by atoms with E-state index in [0.717, 1.165) is 25.9 Å². The van der Waals surface area contributed by atoms with Crippen molar-refractivity contribution in [2.45, 2.75) is 32.7 Å². The first-order valence-electron chi connectivity index (χ1n) is 6.36. The number of nitrogens with one attached hydrogen (secondary N) is 1. The van der Waals surface area contributed by atoms with Crippen molar-refractivity contribution in [2.75, 3.05) is 13.1 Å². The predicted octanol–water partition coefficient (Wildman–Crippen LogP) is 2.73. The average Bonchev–Trinajstić information content (AvgIpc) is 2.37. The summed E-state index contributed by atoms with van der Waals surface area (Å²) in [4.78, 5) is 13.9. The van der Waals surface area contributed by atoms with Gasteiger partial charge in [0.2, 0.25) is 0 Å². The summed E-state index contributed by atoms with van der Waals surface area (Å²) in [6.07, 6.45) is 1.94. The molecule has 0 aromatic heterocycles. The van der Waals surface area contributed by atoms with Gasteiger partial charge in [0.15, 0.2) is 0 Å². The first-order chi connectivity index (χ1) is 8.24. The quantitative estimate of drug-likeness (QED) is 0.835. The highest BCUT2D eigenvalue weighted by molar-refractivity contribution is 5.75. The highest BCUT2D eigenvalue weighted by Gasteiger charge is 2.26. The van der Waals surface area contributed by atoms with E-state index in [1.54, 1.807) is 0 Å². The van der Waals surface area contributed by atoms with Crippen LogP contribution in [0.1, 0.15) is 37.4 Å². The molecule has 1 N–H and O–H groups in total. The Kier molecular flexibility index (Phi) is 3.67. The Balaban J connectivity index is 2.11. The molecule has 2 rings (SSSR count). The van der Waals surface area contributed by atoms with Gasteiger partial charge in [0.25, 0.3) is 0 Å². The van der Waals surface area contributed by atoms with Crippen LogP contribution in [0.3, 0.4) is 0 Å².